The molecule has 2 aromatic carbocycles. The standard InChI is InChI=1S/C24H20ClN5O2S/c1-3-15-4-6-16(7-5-15)19-12-21-22(31)27-28-24(30(21)29-19)33-13-20-14(2)32-23(26-20)17-8-10-18(25)11-9-17/h4-12H,3,13H2,1-2H3,(H,27,31). The SMILES string of the molecule is CCc1ccc(-c2cc3c(=O)[nH]nc(SCc4nc(-c5ccc(Cl)cc5)oc4C)n3n2)cc1. The molecule has 166 valence electrons. The van der Waals surface area contributed by atoms with Crippen molar-refractivity contribution >= 4 is 28.9 Å². The summed E-state index contributed by atoms with van der Waals surface area (Å²) in [7, 11) is 0. The highest BCUT2D eigenvalue weighted by Gasteiger charge is 2.16. The van der Waals surface area contributed by atoms with Gasteiger partial charge in [-0.15, -0.1) is 5.10 Å². The summed E-state index contributed by atoms with van der Waals surface area (Å²) >= 11 is 7.40. The fraction of sp³-hybridized carbons (Fsp3) is 0.167. The first kappa shape index (κ1) is 21.5. The van der Waals surface area contributed by atoms with Gasteiger partial charge in [-0.1, -0.05) is 54.6 Å². The summed E-state index contributed by atoms with van der Waals surface area (Å²) in [5.41, 5.74) is 4.74. The quantitative estimate of drug-likeness (QED) is 0.322. The highest BCUT2D eigenvalue weighted by Crippen LogP contribution is 2.28. The van der Waals surface area contributed by atoms with Gasteiger partial charge in [-0.25, -0.2) is 14.6 Å². The Labute approximate surface area is 198 Å². The first-order valence-electron chi connectivity index (χ1n) is 10.4. The smallest absolute Gasteiger partial charge is 0.290 e. The number of aryl methyl sites for hydroxylation is 2. The minimum atomic E-state index is -0.286. The summed E-state index contributed by atoms with van der Waals surface area (Å²) in [5.74, 6) is 1.78. The number of thioether (sulfide) groups is 1. The van der Waals surface area contributed by atoms with Crippen molar-refractivity contribution in [1.82, 2.24) is 24.8 Å². The minimum absolute atomic E-state index is 0.286. The second kappa shape index (κ2) is 8.88. The zero-order valence-corrected chi connectivity index (χ0v) is 19.6. The van der Waals surface area contributed by atoms with E-state index < -0.39 is 0 Å². The van der Waals surface area contributed by atoms with Crippen LogP contribution in [-0.2, 0) is 12.2 Å². The van der Waals surface area contributed by atoms with Crippen LogP contribution in [0.1, 0.15) is 23.9 Å². The van der Waals surface area contributed by atoms with Crippen LogP contribution in [0, 0.1) is 6.92 Å². The van der Waals surface area contributed by atoms with E-state index >= 15 is 0 Å². The van der Waals surface area contributed by atoms with Gasteiger partial charge in [0.15, 0.2) is 0 Å². The highest BCUT2D eigenvalue weighted by atomic mass is 35.5. The van der Waals surface area contributed by atoms with Gasteiger partial charge >= 0.3 is 0 Å². The van der Waals surface area contributed by atoms with E-state index in [9.17, 15) is 4.79 Å². The third kappa shape index (κ3) is 4.31. The van der Waals surface area contributed by atoms with Crippen molar-refractivity contribution in [2.75, 3.05) is 0 Å². The molecule has 0 aliphatic heterocycles. The first-order valence-corrected chi connectivity index (χ1v) is 11.8. The van der Waals surface area contributed by atoms with E-state index in [0.717, 1.165) is 34.7 Å². The molecule has 3 heterocycles. The summed E-state index contributed by atoms with van der Waals surface area (Å²) in [6.07, 6.45) is 0.969. The van der Waals surface area contributed by atoms with Crippen molar-refractivity contribution in [3.8, 4) is 22.7 Å². The molecule has 0 atom stereocenters. The van der Waals surface area contributed by atoms with E-state index in [4.69, 9.17) is 16.0 Å². The van der Waals surface area contributed by atoms with Crippen LogP contribution in [0.2, 0.25) is 5.02 Å². The number of nitrogens with zero attached hydrogens (tertiary/aromatic N) is 4. The molecule has 0 radical (unpaired) electrons. The molecule has 5 aromatic rings. The van der Waals surface area contributed by atoms with Crippen molar-refractivity contribution in [3.63, 3.8) is 0 Å². The Morgan fingerprint density at radius 1 is 1.09 bits per heavy atom. The van der Waals surface area contributed by atoms with Crippen LogP contribution in [0.15, 0.2) is 69.0 Å². The number of aromatic nitrogens is 5. The Kier molecular flexibility index (Phi) is 5.78. The monoisotopic (exact) mass is 477 g/mol. The van der Waals surface area contributed by atoms with E-state index in [1.54, 1.807) is 22.7 Å². The van der Waals surface area contributed by atoms with E-state index in [1.165, 1.54) is 17.3 Å². The predicted octanol–water partition coefficient (Wildman–Crippen LogP) is 5.56. The molecule has 1 N–H and O–H groups in total. The maximum atomic E-state index is 12.4. The number of fused-ring (bicyclic) bond motifs is 1. The molecule has 0 saturated carbocycles. The third-order valence-corrected chi connectivity index (χ3v) is 6.55. The van der Waals surface area contributed by atoms with Gasteiger partial charge in [-0.2, -0.15) is 5.10 Å². The first-order chi connectivity index (χ1) is 16.0. The number of benzene rings is 2. The van der Waals surface area contributed by atoms with Gasteiger partial charge < -0.3 is 4.42 Å². The van der Waals surface area contributed by atoms with Crippen LogP contribution in [0.4, 0.5) is 0 Å². The Morgan fingerprint density at radius 2 is 1.82 bits per heavy atom. The van der Waals surface area contributed by atoms with Crippen LogP contribution in [0.25, 0.3) is 28.2 Å². The van der Waals surface area contributed by atoms with Gasteiger partial charge in [0.05, 0.1) is 11.4 Å². The average molecular weight is 478 g/mol. The number of nitrogens with one attached hydrogen (secondary N) is 1. The average Bonchev–Trinajstić information content (AvgIpc) is 3.44. The number of halogens is 1. The Bertz CT molecular complexity index is 1490. The number of hydrogen-bond donors (Lipinski definition) is 1. The summed E-state index contributed by atoms with van der Waals surface area (Å²) in [6, 6.07) is 17.3. The summed E-state index contributed by atoms with van der Waals surface area (Å²) in [6.45, 7) is 3.99. The van der Waals surface area contributed by atoms with Crippen molar-refractivity contribution < 1.29 is 4.42 Å². The van der Waals surface area contributed by atoms with Gasteiger partial charge in [-0.3, -0.25) is 4.79 Å². The largest absolute Gasteiger partial charge is 0.441 e. The summed E-state index contributed by atoms with van der Waals surface area (Å²) in [4.78, 5) is 17.0. The molecule has 0 saturated heterocycles. The molecule has 0 aliphatic rings. The molecule has 0 bridgehead atoms. The highest BCUT2D eigenvalue weighted by molar-refractivity contribution is 7.98. The lowest BCUT2D eigenvalue weighted by Gasteiger charge is -2.02. The van der Waals surface area contributed by atoms with Gasteiger partial charge in [-0.05, 0) is 49.2 Å². The normalized spacial score (nSPS) is 11.4. The van der Waals surface area contributed by atoms with Crippen LogP contribution >= 0.6 is 23.4 Å². The van der Waals surface area contributed by atoms with Crippen molar-refractivity contribution in [2.24, 2.45) is 0 Å². The van der Waals surface area contributed by atoms with Crippen LogP contribution in [0.3, 0.4) is 0 Å². The van der Waals surface area contributed by atoms with E-state index in [1.807, 2.05) is 31.2 Å². The molecule has 0 amide bonds. The molecule has 5 rings (SSSR count). The van der Waals surface area contributed by atoms with Gasteiger partial charge in [0, 0.05) is 21.9 Å². The molecule has 33 heavy (non-hydrogen) atoms. The van der Waals surface area contributed by atoms with Crippen molar-refractivity contribution in [2.45, 2.75) is 31.2 Å². The molecule has 7 nitrogen and oxygen atoms in total. The lowest BCUT2D eigenvalue weighted by atomic mass is 10.1. The number of aromatic amines is 1. The Hall–Kier alpha value is -3.36. The maximum Gasteiger partial charge on any atom is 0.290 e. The topological polar surface area (TPSA) is 89.1 Å². The summed E-state index contributed by atoms with van der Waals surface area (Å²) in [5, 5.41) is 12.7. The maximum absolute atomic E-state index is 12.4. The third-order valence-electron chi connectivity index (χ3n) is 5.36. The van der Waals surface area contributed by atoms with Gasteiger partial charge in [0.2, 0.25) is 11.0 Å². The molecule has 0 spiro atoms. The van der Waals surface area contributed by atoms with Crippen LogP contribution in [0.5, 0.6) is 0 Å². The molecule has 0 aliphatic carbocycles. The van der Waals surface area contributed by atoms with E-state index in [0.29, 0.717) is 27.3 Å². The van der Waals surface area contributed by atoms with Crippen LogP contribution in [-0.4, -0.2) is 24.8 Å². The number of rotatable bonds is 6. The summed E-state index contributed by atoms with van der Waals surface area (Å²) < 4.78 is 7.43. The fourth-order valence-electron chi connectivity index (χ4n) is 3.45. The molecular weight excluding hydrogens is 458 g/mol. The number of oxazole rings is 1. The zero-order chi connectivity index (χ0) is 22.9. The predicted molar refractivity (Wildman–Crippen MR) is 130 cm³/mol. The number of H-pyrrole nitrogens is 1. The van der Waals surface area contributed by atoms with E-state index in [-0.39, 0.29) is 5.56 Å². The van der Waals surface area contributed by atoms with Gasteiger partial charge in [0.1, 0.15) is 11.3 Å². The second-order valence-electron chi connectivity index (χ2n) is 7.53. The van der Waals surface area contributed by atoms with Crippen molar-refractivity contribution in [1.29, 1.82) is 0 Å². The number of hydrogen-bond acceptors (Lipinski definition) is 6. The lowest BCUT2D eigenvalue weighted by molar-refractivity contribution is 0.540. The molecular formula is C24H20ClN5O2S. The molecule has 0 fully saturated rings. The van der Waals surface area contributed by atoms with E-state index in [2.05, 4.69) is 39.3 Å². The second-order valence-corrected chi connectivity index (χ2v) is 8.91. The Morgan fingerprint density at radius 3 is 2.55 bits per heavy atom. The van der Waals surface area contributed by atoms with Gasteiger partial charge in [0.25, 0.3) is 5.56 Å². The Balaban J connectivity index is 1.42. The molecule has 9 heteroatoms. The molecule has 0 unspecified atom stereocenters. The van der Waals surface area contributed by atoms with Crippen molar-refractivity contribution in [3.05, 3.63) is 87.0 Å². The zero-order valence-electron chi connectivity index (χ0n) is 18.0. The molecule has 3 aromatic heterocycles. The lowest BCUT2D eigenvalue weighted by Crippen LogP contribution is -2.13. The minimum Gasteiger partial charge on any atom is -0.441 e. The fourth-order valence-corrected chi connectivity index (χ4v) is 4.48. The van der Waals surface area contributed by atoms with Crippen LogP contribution < -0.4 is 5.56 Å².